The summed E-state index contributed by atoms with van der Waals surface area (Å²) in [6.45, 7) is 1.94. The van der Waals surface area contributed by atoms with Gasteiger partial charge in [-0.3, -0.25) is 0 Å². The Kier molecular flexibility index (Phi) is 5.38. The van der Waals surface area contributed by atoms with Gasteiger partial charge in [0.25, 0.3) is 0 Å². The largest absolute Gasteiger partial charge is 0.390 e. The van der Waals surface area contributed by atoms with E-state index in [9.17, 15) is 9.50 Å². The first-order valence-electron chi connectivity index (χ1n) is 5.23. The molecule has 0 aliphatic rings. The van der Waals surface area contributed by atoms with Crippen LogP contribution in [0.4, 0.5) is 4.39 Å². The zero-order chi connectivity index (χ0) is 12.1. The Morgan fingerprint density at radius 3 is 2.75 bits per heavy atom. The van der Waals surface area contributed by atoms with Crippen LogP contribution in [0.3, 0.4) is 0 Å². The molecule has 0 bridgehead atoms. The molecular formula is C12H16BrFO2. The van der Waals surface area contributed by atoms with Crippen molar-refractivity contribution in [2.24, 2.45) is 0 Å². The van der Waals surface area contributed by atoms with Crippen molar-refractivity contribution in [3.63, 3.8) is 0 Å². The van der Waals surface area contributed by atoms with Gasteiger partial charge in [-0.2, -0.15) is 0 Å². The third-order valence-corrected chi connectivity index (χ3v) is 3.48. The molecule has 0 heterocycles. The Bertz CT molecular complexity index is 340. The van der Waals surface area contributed by atoms with Crippen LogP contribution in [-0.4, -0.2) is 24.4 Å². The molecule has 4 heteroatoms. The van der Waals surface area contributed by atoms with Crippen LogP contribution < -0.4 is 0 Å². The Hall–Kier alpha value is -0.450. The first kappa shape index (κ1) is 13.6. The lowest BCUT2D eigenvalue weighted by molar-refractivity contribution is -0.0129. The highest BCUT2D eigenvalue weighted by atomic mass is 79.9. The summed E-state index contributed by atoms with van der Waals surface area (Å²) in [4.78, 5) is 0. The maximum atomic E-state index is 13.2. The zero-order valence-electron chi connectivity index (χ0n) is 9.41. The lowest BCUT2D eigenvalue weighted by Gasteiger charge is -2.20. The van der Waals surface area contributed by atoms with E-state index < -0.39 is 6.10 Å². The molecule has 1 aromatic carbocycles. The van der Waals surface area contributed by atoms with Crippen LogP contribution in [0.2, 0.25) is 0 Å². The predicted octanol–water partition coefficient (Wildman–Crippen LogP) is 2.92. The molecule has 0 radical (unpaired) electrons. The van der Waals surface area contributed by atoms with E-state index in [1.807, 2.05) is 6.92 Å². The molecule has 2 unspecified atom stereocenters. The number of benzene rings is 1. The minimum absolute atomic E-state index is 0.213. The molecule has 0 amide bonds. The van der Waals surface area contributed by atoms with E-state index in [0.717, 1.165) is 12.0 Å². The van der Waals surface area contributed by atoms with Gasteiger partial charge in [0.1, 0.15) is 5.82 Å². The first-order valence-corrected chi connectivity index (χ1v) is 6.03. The standard InChI is InChI=1S/C12H16BrFO2/c1-3-11(16-2)10(15)7-8-5-4-6-9(14)12(8)13/h4-6,10-11,15H,3,7H2,1-2H3. The zero-order valence-corrected chi connectivity index (χ0v) is 11.0. The molecule has 1 N–H and O–H groups in total. The average Bonchev–Trinajstić information content (AvgIpc) is 2.26. The van der Waals surface area contributed by atoms with Gasteiger partial charge in [0, 0.05) is 13.5 Å². The number of rotatable bonds is 5. The molecule has 0 saturated heterocycles. The fourth-order valence-electron chi connectivity index (χ4n) is 1.66. The highest BCUT2D eigenvalue weighted by molar-refractivity contribution is 9.10. The van der Waals surface area contributed by atoms with Crippen LogP contribution in [0.5, 0.6) is 0 Å². The summed E-state index contributed by atoms with van der Waals surface area (Å²) < 4.78 is 18.8. The van der Waals surface area contributed by atoms with E-state index in [2.05, 4.69) is 15.9 Å². The molecule has 1 rings (SSSR count). The van der Waals surface area contributed by atoms with Crippen molar-refractivity contribution < 1.29 is 14.2 Å². The van der Waals surface area contributed by atoms with Gasteiger partial charge in [-0.15, -0.1) is 0 Å². The summed E-state index contributed by atoms with van der Waals surface area (Å²) in [5.41, 5.74) is 0.753. The first-order chi connectivity index (χ1) is 7.60. The van der Waals surface area contributed by atoms with E-state index in [1.54, 1.807) is 19.2 Å². The van der Waals surface area contributed by atoms with Crippen LogP contribution in [0.25, 0.3) is 0 Å². The fourth-order valence-corrected chi connectivity index (χ4v) is 2.08. The van der Waals surface area contributed by atoms with E-state index in [-0.39, 0.29) is 11.9 Å². The second-order valence-electron chi connectivity index (χ2n) is 3.67. The predicted molar refractivity (Wildman–Crippen MR) is 64.9 cm³/mol. The number of methoxy groups -OCH3 is 1. The topological polar surface area (TPSA) is 29.5 Å². The van der Waals surface area contributed by atoms with E-state index in [4.69, 9.17) is 4.74 Å². The fraction of sp³-hybridized carbons (Fsp3) is 0.500. The van der Waals surface area contributed by atoms with Gasteiger partial charge < -0.3 is 9.84 Å². The Morgan fingerprint density at radius 2 is 2.19 bits per heavy atom. The number of aliphatic hydroxyl groups is 1. The number of hydrogen-bond acceptors (Lipinski definition) is 2. The number of halogens is 2. The van der Waals surface area contributed by atoms with Crippen LogP contribution in [-0.2, 0) is 11.2 Å². The summed E-state index contributed by atoms with van der Waals surface area (Å²) in [6, 6.07) is 4.81. The molecule has 0 aliphatic heterocycles. The van der Waals surface area contributed by atoms with E-state index in [0.29, 0.717) is 10.9 Å². The molecule has 2 atom stereocenters. The number of aliphatic hydroxyl groups excluding tert-OH is 1. The van der Waals surface area contributed by atoms with Gasteiger partial charge in [0.2, 0.25) is 0 Å². The number of ether oxygens (including phenoxy) is 1. The molecule has 0 saturated carbocycles. The van der Waals surface area contributed by atoms with Crippen LogP contribution >= 0.6 is 15.9 Å². The summed E-state index contributed by atoms with van der Waals surface area (Å²) in [7, 11) is 1.57. The van der Waals surface area contributed by atoms with Gasteiger partial charge in [0.15, 0.2) is 0 Å². The highest BCUT2D eigenvalue weighted by Gasteiger charge is 2.18. The highest BCUT2D eigenvalue weighted by Crippen LogP contribution is 2.22. The third-order valence-electron chi connectivity index (χ3n) is 2.59. The van der Waals surface area contributed by atoms with Crippen molar-refractivity contribution in [2.45, 2.75) is 32.0 Å². The van der Waals surface area contributed by atoms with Gasteiger partial charge in [0.05, 0.1) is 16.7 Å². The van der Waals surface area contributed by atoms with Crippen LogP contribution in [0, 0.1) is 5.82 Å². The van der Waals surface area contributed by atoms with Crippen LogP contribution in [0.15, 0.2) is 22.7 Å². The SMILES string of the molecule is CCC(OC)C(O)Cc1cccc(F)c1Br. The molecule has 0 spiro atoms. The summed E-state index contributed by atoms with van der Waals surface area (Å²) in [5, 5.41) is 9.91. The van der Waals surface area contributed by atoms with E-state index in [1.165, 1.54) is 6.07 Å². The molecular weight excluding hydrogens is 275 g/mol. The Morgan fingerprint density at radius 1 is 1.50 bits per heavy atom. The molecule has 90 valence electrons. The van der Waals surface area contributed by atoms with Gasteiger partial charge >= 0.3 is 0 Å². The minimum atomic E-state index is -0.618. The molecule has 16 heavy (non-hydrogen) atoms. The third kappa shape index (κ3) is 3.27. The normalized spacial score (nSPS) is 14.8. The second kappa shape index (κ2) is 6.33. The lowest BCUT2D eigenvalue weighted by atomic mass is 10.0. The van der Waals surface area contributed by atoms with Gasteiger partial charge in [-0.1, -0.05) is 19.1 Å². The molecule has 0 fully saturated rings. The van der Waals surface area contributed by atoms with Crippen molar-refractivity contribution in [2.75, 3.05) is 7.11 Å². The van der Waals surface area contributed by atoms with Gasteiger partial charge in [-0.25, -0.2) is 4.39 Å². The molecule has 0 aromatic heterocycles. The van der Waals surface area contributed by atoms with Crippen LogP contribution in [0.1, 0.15) is 18.9 Å². The maximum Gasteiger partial charge on any atom is 0.137 e. The second-order valence-corrected chi connectivity index (χ2v) is 4.46. The van der Waals surface area contributed by atoms with Gasteiger partial charge in [-0.05, 0) is 34.0 Å². The monoisotopic (exact) mass is 290 g/mol. The molecule has 1 aromatic rings. The van der Waals surface area contributed by atoms with Crippen molar-refractivity contribution >= 4 is 15.9 Å². The Balaban J connectivity index is 2.76. The average molecular weight is 291 g/mol. The molecule has 2 nitrogen and oxygen atoms in total. The number of hydrogen-bond donors (Lipinski definition) is 1. The van der Waals surface area contributed by atoms with E-state index >= 15 is 0 Å². The van der Waals surface area contributed by atoms with Crippen molar-refractivity contribution in [3.05, 3.63) is 34.1 Å². The Labute approximate surface area is 104 Å². The molecule has 0 aliphatic carbocycles. The lowest BCUT2D eigenvalue weighted by Crippen LogP contribution is -2.29. The summed E-state index contributed by atoms with van der Waals surface area (Å²) in [5.74, 6) is -0.310. The smallest absolute Gasteiger partial charge is 0.137 e. The summed E-state index contributed by atoms with van der Waals surface area (Å²) in [6.07, 6.45) is 0.276. The van der Waals surface area contributed by atoms with Crippen molar-refractivity contribution in [1.82, 2.24) is 0 Å². The quantitative estimate of drug-likeness (QED) is 0.904. The minimum Gasteiger partial charge on any atom is -0.390 e. The van der Waals surface area contributed by atoms with Crippen molar-refractivity contribution in [1.29, 1.82) is 0 Å². The maximum absolute atomic E-state index is 13.2. The van der Waals surface area contributed by atoms with Crippen molar-refractivity contribution in [3.8, 4) is 0 Å². The summed E-state index contributed by atoms with van der Waals surface area (Å²) >= 11 is 3.17.